The fourth-order valence-electron chi connectivity index (χ4n) is 2.88. The van der Waals surface area contributed by atoms with E-state index in [0.29, 0.717) is 6.54 Å². The maximum absolute atomic E-state index is 12.7. The quantitative estimate of drug-likeness (QED) is 0.938. The van der Waals surface area contributed by atoms with Gasteiger partial charge in [0.15, 0.2) is 0 Å². The van der Waals surface area contributed by atoms with E-state index in [1.807, 2.05) is 46.0 Å². The van der Waals surface area contributed by atoms with Crippen molar-refractivity contribution in [3.8, 4) is 0 Å². The van der Waals surface area contributed by atoms with E-state index >= 15 is 0 Å². The lowest BCUT2D eigenvalue weighted by Gasteiger charge is -2.31. The molecule has 2 N–H and O–H groups in total. The number of rotatable bonds is 3. The van der Waals surface area contributed by atoms with E-state index in [-0.39, 0.29) is 11.9 Å². The summed E-state index contributed by atoms with van der Waals surface area (Å²) in [6, 6.07) is 14.1. The van der Waals surface area contributed by atoms with Gasteiger partial charge in [0.05, 0.1) is 0 Å². The van der Waals surface area contributed by atoms with Gasteiger partial charge in [0.25, 0.3) is 5.91 Å². The minimum Gasteiger partial charge on any atom is -0.339 e. The standard InChI is InChI=1S/C17H21N3O/c18-15-8-4-11-20(13-15)17(21)16-9-5-10-19(16)12-14-6-2-1-3-7-14/h1-3,5-7,9-10,15H,4,8,11-13,18H2. The molecule has 0 aliphatic carbocycles. The predicted molar refractivity (Wildman–Crippen MR) is 83.1 cm³/mol. The van der Waals surface area contributed by atoms with Gasteiger partial charge in [0.1, 0.15) is 5.69 Å². The van der Waals surface area contributed by atoms with Crippen LogP contribution in [0.3, 0.4) is 0 Å². The van der Waals surface area contributed by atoms with Gasteiger partial charge in [-0.05, 0) is 30.5 Å². The summed E-state index contributed by atoms with van der Waals surface area (Å²) in [5.41, 5.74) is 7.91. The topological polar surface area (TPSA) is 51.3 Å². The first-order valence-electron chi connectivity index (χ1n) is 7.48. The van der Waals surface area contributed by atoms with Crippen LogP contribution in [0.15, 0.2) is 48.7 Å². The lowest BCUT2D eigenvalue weighted by atomic mass is 10.1. The van der Waals surface area contributed by atoms with E-state index in [0.717, 1.165) is 31.6 Å². The van der Waals surface area contributed by atoms with Crippen LogP contribution >= 0.6 is 0 Å². The van der Waals surface area contributed by atoms with Crippen molar-refractivity contribution in [1.82, 2.24) is 9.47 Å². The Labute approximate surface area is 125 Å². The summed E-state index contributed by atoms with van der Waals surface area (Å²) in [6.45, 7) is 2.19. The van der Waals surface area contributed by atoms with Gasteiger partial charge in [-0.1, -0.05) is 30.3 Å². The molecule has 1 aliphatic rings. The van der Waals surface area contributed by atoms with Gasteiger partial charge in [-0.3, -0.25) is 4.79 Å². The first-order valence-corrected chi connectivity index (χ1v) is 7.48. The average molecular weight is 283 g/mol. The number of aromatic nitrogens is 1. The van der Waals surface area contributed by atoms with E-state index < -0.39 is 0 Å². The largest absolute Gasteiger partial charge is 0.339 e. The molecule has 1 amide bonds. The Morgan fingerprint density at radius 1 is 1.19 bits per heavy atom. The number of carbonyl (C=O) groups is 1. The fraction of sp³-hybridized carbons (Fsp3) is 0.353. The van der Waals surface area contributed by atoms with E-state index in [4.69, 9.17) is 5.73 Å². The normalized spacial score (nSPS) is 18.7. The molecule has 1 aromatic carbocycles. The Hall–Kier alpha value is -2.07. The molecule has 21 heavy (non-hydrogen) atoms. The van der Waals surface area contributed by atoms with Crippen molar-refractivity contribution in [3.05, 3.63) is 59.9 Å². The van der Waals surface area contributed by atoms with Crippen molar-refractivity contribution in [2.75, 3.05) is 13.1 Å². The molecule has 0 radical (unpaired) electrons. The van der Waals surface area contributed by atoms with E-state index in [2.05, 4.69) is 12.1 Å². The molecule has 1 aromatic heterocycles. The SMILES string of the molecule is NC1CCCN(C(=O)c2cccn2Cc2ccccc2)C1. The molecule has 3 rings (SSSR count). The molecule has 4 nitrogen and oxygen atoms in total. The van der Waals surface area contributed by atoms with Crippen molar-refractivity contribution in [1.29, 1.82) is 0 Å². The Kier molecular flexibility index (Phi) is 4.06. The van der Waals surface area contributed by atoms with Crippen LogP contribution in [-0.2, 0) is 6.54 Å². The molecule has 1 unspecified atom stereocenters. The third kappa shape index (κ3) is 3.16. The number of likely N-dealkylation sites (tertiary alicyclic amines) is 1. The highest BCUT2D eigenvalue weighted by molar-refractivity contribution is 5.93. The average Bonchev–Trinajstić information content (AvgIpc) is 2.95. The summed E-state index contributed by atoms with van der Waals surface area (Å²) in [5, 5.41) is 0. The van der Waals surface area contributed by atoms with Gasteiger partial charge in [-0.2, -0.15) is 0 Å². The van der Waals surface area contributed by atoms with Crippen LogP contribution in [0.1, 0.15) is 28.9 Å². The Balaban J connectivity index is 1.77. The summed E-state index contributed by atoms with van der Waals surface area (Å²) in [4.78, 5) is 14.5. The molecule has 110 valence electrons. The first-order chi connectivity index (χ1) is 10.2. The van der Waals surface area contributed by atoms with Crippen molar-refractivity contribution in [2.45, 2.75) is 25.4 Å². The Morgan fingerprint density at radius 2 is 2.00 bits per heavy atom. The molecule has 2 heterocycles. The second kappa shape index (κ2) is 6.14. The highest BCUT2D eigenvalue weighted by atomic mass is 16.2. The molecule has 0 saturated carbocycles. The van der Waals surface area contributed by atoms with Crippen LogP contribution in [0.5, 0.6) is 0 Å². The second-order valence-electron chi connectivity index (χ2n) is 5.66. The molecule has 2 aromatic rings. The smallest absolute Gasteiger partial charge is 0.270 e. The number of hydrogen-bond donors (Lipinski definition) is 1. The van der Waals surface area contributed by atoms with Gasteiger partial charge < -0.3 is 15.2 Å². The molecule has 4 heteroatoms. The molecular weight excluding hydrogens is 262 g/mol. The van der Waals surface area contributed by atoms with Gasteiger partial charge in [-0.15, -0.1) is 0 Å². The minimum absolute atomic E-state index is 0.0890. The number of nitrogens with zero attached hydrogens (tertiary/aromatic N) is 2. The molecule has 0 spiro atoms. The Morgan fingerprint density at radius 3 is 2.76 bits per heavy atom. The minimum atomic E-state index is 0.0890. The number of piperidine rings is 1. The predicted octanol–water partition coefficient (Wildman–Crippen LogP) is 2.10. The summed E-state index contributed by atoms with van der Waals surface area (Å²) < 4.78 is 2.01. The number of carbonyl (C=O) groups excluding carboxylic acids is 1. The lowest BCUT2D eigenvalue weighted by Crippen LogP contribution is -2.46. The van der Waals surface area contributed by atoms with Crippen LogP contribution in [0.2, 0.25) is 0 Å². The second-order valence-corrected chi connectivity index (χ2v) is 5.66. The molecule has 1 aliphatic heterocycles. The Bertz CT molecular complexity index is 606. The zero-order valence-electron chi connectivity index (χ0n) is 12.1. The van der Waals surface area contributed by atoms with Crippen LogP contribution in [0.4, 0.5) is 0 Å². The van der Waals surface area contributed by atoms with Crippen LogP contribution in [0, 0.1) is 0 Å². The summed E-state index contributed by atoms with van der Waals surface area (Å²) >= 11 is 0. The van der Waals surface area contributed by atoms with Gasteiger partial charge in [0, 0.05) is 31.9 Å². The lowest BCUT2D eigenvalue weighted by molar-refractivity contribution is 0.0698. The molecule has 1 saturated heterocycles. The summed E-state index contributed by atoms with van der Waals surface area (Å²) in [7, 11) is 0. The fourth-order valence-corrected chi connectivity index (χ4v) is 2.88. The van der Waals surface area contributed by atoms with Crippen molar-refractivity contribution < 1.29 is 4.79 Å². The zero-order chi connectivity index (χ0) is 14.7. The highest BCUT2D eigenvalue weighted by Crippen LogP contribution is 2.14. The van der Waals surface area contributed by atoms with Crippen LogP contribution in [0.25, 0.3) is 0 Å². The number of amides is 1. The maximum Gasteiger partial charge on any atom is 0.270 e. The highest BCUT2D eigenvalue weighted by Gasteiger charge is 2.24. The summed E-state index contributed by atoms with van der Waals surface area (Å²) in [6.07, 6.45) is 3.96. The first kappa shape index (κ1) is 13.9. The molecular formula is C17H21N3O. The third-order valence-electron chi connectivity index (χ3n) is 3.99. The third-order valence-corrected chi connectivity index (χ3v) is 3.99. The van der Waals surface area contributed by atoms with Crippen LogP contribution < -0.4 is 5.73 Å². The monoisotopic (exact) mass is 283 g/mol. The van der Waals surface area contributed by atoms with Crippen molar-refractivity contribution in [2.24, 2.45) is 5.73 Å². The summed E-state index contributed by atoms with van der Waals surface area (Å²) in [5.74, 6) is 0.0890. The van der Waals surface area contributed by atoms with Gasteiger partial charge >= 0.3 is 0 Å². The van der Waals surface area contributed by atoms with Crippen LogP contribution in [-0.4, -0.2) is 34.5 Å². The van der Waals surface area contributed by atoms with Gasteiger partial charge in [0.2, 0.25) is 0 Å². The van der Waals surface area contributed by atoms with Crippen molar-refractivity contribution >= 4 is 5.91 Å². The maximum atomic E-state index is 12.7. The molecule has 1 fully saturated rings. The molecule has 1 atom stereocenters. The number of benzene rings is 1. The van der Waals surface area contributed by atoms with E-state index in [1.165, 1.54) is 5.56 Å². The number of nitrogens with two attached hydrogens (primary N) is 1. The zero-order valence-corrected chi connectivity index (χ0v) is 12.1. The molecule has 0 bridgehead atoms. The van der Waals surface area contributed by atoms with E-state index in [9.17, 15) is 4.79 Å². The van der Waals surface area contributed by atoms with Crippen molar-refractivity contribution in [3.63, 3.8) is 0 Å². The number of hydrogen-bond acceptors (Lipinski definition) is 2. The van der Waals surface area contributed by atoms with Gasteiger partial charge in [-0.25, -0.2) is 0 Å². The van der Waals surface area contributed by atoms with E-state index in [1.54, 1.807) is 0 Å².